The minimum absolute atomic E-state index is 0.179. The Bertz CT molecular complexity index is 412. The van der Waals surface area contributed by atoms with E-state index in [9.17, 15) is 0 Å². The van der Waals surface area contributed by atoms with Gasteiger partial charge in [-0.25, -0.2) is 0 Å². The van der Waals surface area contributed by atoms with Gasteiger partial charge in [-0.15, -0.1) is 6.58 Å². The summed E-state index contributed by atoms with van der Waals surface area (Å²) in [5, 5.41) is 0. The number of rotatable bonds is 3. The molecule has 1 aliphatic rings. The summed E-state index contributed by atoms with van der Waals surface area (Å²) in [6.07, 6.45) is 5.43. The first-order valence-corrected chi connectivity index (χ1v) is 5.27. The Kier molecular flexibility index (Phi) is 2.64. The van der Waals surface area contributed by atoms with Crippen molar-refractivity contribution in [3.05, 3.63) is 42.7 Å². The zero-order chi connectivity index (χ0) is 11.6. The summed E-state index contributed by atoms with van der Waals surface area (Å²) in [6, 6.07) is 4.01. The second-order valence-corrected chi connectivity index (χ2v) is 4.08. The molecule has 1 aromatic rings. The molecule has 1 atom stereocenters. The van der Waals surface area contributed by atoms with Crippen molar-refractivity contribution in [2.45, 2.75) is 12.5 Å². The third kappa shape index (κ3) is 1.56. The standard InChI is InChI=1S/C12H16N4/c1-3-8-16-11(13)15-9-12(16,2)10-4-6-14-7-5-10/h3-7H,1,8-9H2,2H3,(H2,13,15). The van der Waals surface area contributed by atoms with Gasteiger partial charge in [0.15, 0.2) is 5.96 Å². The Labute approximate surface area is 95.5 Å². The van der Waals surface area contributed by atoms with Gasteiger partial charge in [-0.05, 0) is 24.6 Å². The summed E-state index contributed by atoms with van der Waals surface area (Å²) < 4.78 is 0. The van der Waals surface area contributed by atoms with Gasteiger partial charge in [0.1, 0.15) is 0 Å². The van der Waals surface area contributed by atoms with E-state index in [1.807, 2.05) is 18.2 Å². The molecule has 1 aliphatic heterocycles. The van der Waals surface area contributed by atoms with Crippen LogP contribution in [0.25, 0.3) is 0 Å². The van der Waals surface area contributed by atoms with E-state index in [1.54, 1.807) is 12.4 Å². The highest BCUT2D eigenvalue weighted by molar-refractivity contribution is 5.81. The molecule has 0 amide bonds. The number of nitrogens with two attached hydrogens (primary N) is 1. The molecule has 16 heavy (non-hydrogen) atoms. The molecular formula is C12H16N4. The summed E-state index contributed by atoms with van der Waals surface area (Å²) in [7, 11) is 0. The lowest BCUT2D eigenvalue weighted by Gasteiger charge is -2.35. The fourth-order valence-electron chi connectivity index (χ4n) is 2.04. The van der Waals surface area contributed by atoms with E-state index in [-0.39, 0.29) is 5.54 Å². The van der Waals surface area contributed by atoms with E-state index in [2.05, 4.69) is 28.4 Å². The fraction of sp³-hybridized carbons (Fsp3) is 0.333. The molecular weight excluding hydrogens is 200 g/mol. The number of guanidine groups is 1. The van der Waals surface area contributed by atoms with Crippen molar-refractivity contribution in [3.8, 4) is 0 Å². The SMILES string of the molecule is C=CCN1C(N)=NCC1(C)c1ccncc1. The number of hydrogen-bond acceptors (Lipinski definition) is 4. The van der Waals surface area contributed by atoms with Crippen molar-refractivity contribution in [1.29, 1.82) is 0 Å². The number of hydrogen-bond donors (Lipinski definition) is 1. The third-order valence-corrected chi connectivity index (χ3v) is 3.04. The molecule has 4 heteroatoms. The Hall–Kier alpha value is -1.84. The molecule has 0 spiro atoms. The van der Waals surface area contributed by atoms with Crippen LogP contribution in [0.1, 0.15) is 12.5 Å². The van der Waals surface area contributed by atoms with E-state index in [0.717, 1.165) is 0 Å². The van der Waals surface area contributed by atoms with Gasteiger partial charge >= 0.3 is 0 Å². The van der Waals surface area contributed by atoms with E-state index in [1.165, 1.54) is 5.56 Å². The van der Waals surface area contributed by atoms with Crippen LogP contribution in [0, 0.1) is 0 Å². The molecule has 0 saturated carbocycles. The van der Waals surface area contributed by atoms with Gasteiger partial charge in [0.25, 0.3) is 0 Å². The minimum atomic E-state index is -0.179. The normalized spacial score (nSPS) is 24.3. The zero-order valence-electron chi connectivity index (χ0n) is 9.43. The monoisotopic (exact) mass is 216 g/mol. The molecule has 1 aromatic heterocycles. The maximum Gasteiger partial charge on any atom is 0.192 e. The molecule has 0 aromatic carbocycles. The van der Waals surface area contributed by atoms with Crippen molar-refractivity contribution in [2.24, 2.45) is 10.7 Å². The number of nitrogens with zero attached hydrogens (tertiary/aromatic N) is 3. The molecule has 0 bridgehead atoms. The van der Waals surface area contributed by atoms with Crippen LogP contribution in [-0.2, 0) is 5.54 Å². The van der Waals surface area contributed by atoms with Gasteiger partial charge in [0.05, 0.1) is 12.1 Å². The van der Waals surface area contributed by atoms with Gasteiger partial charge in [0.2, 0.25) is 0 Å². The minimum Gasteiger partial charge on any atom is -0.370 e. The molecule has 1 unspecified atom stereocenters. The van der Waals surface area contributed by atoms with Crippen LogP contribution in [0.3, 0.4) is 0 Å². The summed E-state index contributed by atoms with van der Waals surface area (Å²) in [5.41, 5.74) is 6.89. The second-order valence-electron chi connectivity index (χ2n) is 4.08. The highest BCUT2D eigenvalue weighted by atomic mass is 15.3. The van der Waals surface area contributed by atoms with Crippen molar-refractivity contribution in [1.82, 2.24) is 9.88 Å². The van der Waals surface area contributed by atoms with Gasteiger partial charge in [0, 0.05) is 18.9 Å². The lowest BCUT2D eigenvalue weighted by Crippen LogP contribution is -2.47. The Balaban J connectivity index is 2.35. The van der Waals surface area contributed by atoms with Crippen molar-refractivity contribution < 1.29 is 0 Å². The Morgan fingerprint density at radius 3 is 2.88 bits per heavy atom. The molecule has 84 valence electrons. The largest absolute Gasteiger partial charge is 0.370 e. The van der Waals surface area contributed by atoms with Crippen LogP contribution in [0.5, 0.6) is 0 Å². The second kappa shape index (κ2) is 3.96. The van der Waals surface area contributed by atoms with Gasteiger partial charge < -0.3 is 10.6 Å². The zero-order valence-corrected chi connectivity index (χ0v) is 9.43. The first kappa shape index (κ1) is 10.7. The maximum absolute atomic E-state index is 5.89. The first-order valence-electron chi connectivity index (χ1n) is 5.27. The number of aliphatic imine (C=N–C) groups is 1. The highest BCUT2D eigenvalue weighted by Crippen LogP contribution is 2.31. The van der Waals surface area contributed by atoms with Gasteiger partial charge in [-0.3, -0.25) is 9.98 Å². The van der Waals surface area contributed by atoms with Crippen molar-refractivity contribution in [2.75, 3.05) is 13.1 Å². The third-order valence-electron chi connectivity index (χ3n) is 3.04. The first-order chi connectivity index (χ1) is 7.68. The van der Waals surface area contributed by atoms with Gasteiger partial charge in [-0.2, -0.15) is 0 Å². The summed E-state index contributed by atoms with van der Waals surface area (Å²) in [4.78, 5) is 10.4. The predicted molar refractivity (Wildman–Crippen MR) is 65.0 cm³/mol. The highest BCUT2D eigenvalue weighted by Gasteiger charge is 2.38. The summed E-state index contributed by atoms with van der Waals surface area (Å²) >= 11 is 0. The average Bonchev–Trinajstić information content (AvgIpc) is 2.60. The van der Waals surface area contributed by atoms with Crippen LogP contribution >= 0.6 is 0 Å². The summed E-state index contributed by atoms with van der Waals surface area (Å²) in [5.74, 6) is 0.583. The fourth-order valence-corrected chi connectivity index (χ4v) is 2.04. The lowest BCUT2D eigenvalue weighted by molar-refractivity contribution is 0.245. The Morgan fingerprint density at radius 1 is 1.56 bits per heavy atom. The molecule has 4 nitrogen and oxygen atoms in total. The molecule has 2 rings (SSSR count). The smallest absolute Gasteiger partial charge is 0.192 e. The average molecular weight is 216 g/mol. The van der Waals surface area contributed by atoms with Crippen LogP contribution in [0.2, 0.25) is 0 Å². The molecule has 0 fully saturated rings. The molecule has 0 radical (unpaired) electrons. The molecule has 2 N–H and O–H groups in total. The van der Waals surface area contributed by atoms with Gasteiger partial charge in [-0.1, -0.05) is 6.08 Å². The molecule has 2 heterocycles. The number of aromatic nitrogens is 1. The molecule has 0 saturated heterocycles. The van der Waals surface area contributed by atoms with E-state index >= 15 is 0 Å². The van der Waals surface area contributed by atoms with Crippen molar-refractivity contribution >= 4 is 5.96 Å². The van der Waals surface area contributed by atoms with Crippen molar-refractivity contribution in [3.63, 3.8) is 0 Å². The maximum atomic E-state index is 5.89. The van der Waals surface area contributed by atoms with E-state index in [0.29, 0.717) is 19.0 Å². The van der Waals surface area contributed by atoms with Crippen LogP contribution in [-0.4, -0.2) is 28.9 Å². The Morgan fingerprint density at radius 2 is 2.25 bits per heavy atom. The van der Waals surface area contributed by atoms with Crippen LogP contribution in [0.4, 0.5) is 0 Å². The topological polar surface area (TPSA) is 54.5 Å². The van der Waals surface area contributed by atoms with Crippen LogP contribution in [0.15, 0.2) is 42.2 Å². The lowest BCUT2D eigenvalue weighted by atomic mass is 9.92. The number of pyridine rings is 1. The van der Waals surface area contributed by atoms with Crippen LogP contribution < -0.4 is 5.73 Å². The van der Waals surface area contributed by atoms with E-state index in [4.69, 9.17) is 5.73 Å². The predicted octanol–water partition coefficient (Wildman–Crippen LogP) is 1.11. The molecule has 0 aliphatic carbocycles. The quantitative estimate of drug-likeness (QED) is 0.770. The summed E-state index contributed by atoms with van der Waals surface area (Å²) in [6.45, 7) is 7.27. The van der Waals surface area contributed by atoms with E-state index < -0.39 is 0 Å².